The van der Waals surface area contributed by atoms with Crippen molar-refractivity contribution in [2.45, 2.75) is 59.9 Å². The fourth-order valence-corrected chi connectivity index (χ4v) is 2.80. The van der Waals surface area contributed by atoms with Crippen molar-refractivity contribution in [1.29, 1.82) is 0 Å². The third-order valence-corrected chi connectivity index (χ3v) is 4.21. The van der Waals surface area contributed by atoms with Gasteiger partial charge in [0.05, 0.1) is 0 Å². The number of hydrogen-bond donors (Lipinski definition) is 1. The quantitative estimate of drug-likeness (QED) is 0.780. The maximum atomic E-state index is 12.1. The van der Waals surface area contributed by atoms with Gasteiger partial charge in [-0.3, -0.25) is 4.79 Å². The fraction of sp³-hybridized carbons (Fsp3) is 0.611. The zero-order valence-corrected chi connectivity index (χ0v) is 14.2. The van der Waals surface area contributed by atoms with E-state index in [0.717, 1.165) is 42.7 Å². The molecule has 0 saturated heterocycles. The number of carbonyl (C=O) groups excluding carboxylic acids is 1. The van der Waals surface area contributed by atoms with Gasteiger partial charge >= 0.3 is 0 Å². The molecular weight excluding hydrogens is 260 g/mol. The van der Waals surface area contributed by atoms with Crippen LogP contribution in [0.25, 0.3) is 0 Å². The van der Waals surface area contributed by atoms with Crippen molar-refractivity contribution in [2.75, 3.05) is 18.4 Å². The Morgan fingerprint density at radius 3 is 2.29 bits per heavy atom. The van der Waals surface area contributed by atoms with Crippen LogP contribution in [0.1, 0.15) is 51.2 Å². The van der Waals surface area contributed by atoms with E-state index in [-0.39, 0.29) is 5.91 Å². The summed E-state index contributed by atoms with van der Waals surface area (Å²) in [4.78, 5) is 14.5. The lowest BCUT2D eigenvalue weighted by atomic mass is 10.1. The number of anilines is 1. The van der Waals surface area contributed by atoms with E-state index in [1.165, 1.54) is 0 Å². The molecule has 1 rings (SSSR count). The van der Waals surface area contributed by atoms with Gasteiger partial charge in [-0.1, -0.05) is 32.0 Å². The van der Waals surface area contributed by atoms with E-state index < -0.39 is 0 Å². The minimum Gasteiger partial charge on any atom is -0.326 e. The molecule has 0 bridgehead atoms. The van der Waals surface area contributed by atoms with Crippen LogP contribution in [0.2, 0.25) is 0 Å². The van der Waals surface area contributed by atoms with E-state index in [1.54, 1.807) is 0 Å². The predicted molar refractivity (Wildman–Crippen MR) is 90.8 cm³/mol. The molecular formula is C18H30N2O. The average Bonchev–Trinajstić information content (AvgIpc) is 2.44. The van der Waals surface area contributed by atoms with Gasteiger partial charge in [0.15, 0.2) is 0 Å². The molecule has 0 aliphatic carbocycles. The van der Waals surface area contributed by atoms with Gasteiger partial charge in [0.1, 0.15) is 0 Å². The van der Waals surface area contributed by atoms with Gasteiger partial charge in [-0.2, -0.15) is 0 Å². The summed E-state index contributed by atoms with van der Waals surface area (Å²) >= 11 is 0. The Bertz CT molecular complexity index is 432. The molecule has 1 atom stereocenters. The molecule has 0 saturated carbocycles. The van der Waals surface area contributed by atoms with Crippen LogP contribution in [0.4, 0.5) is 5.69 Å². The van der Waals surface area contributed by atoms with E-state index in [4.69, 9.17) is 0 Å². The molecule has 118 valence electrons. The normalized spacial score (nSPS) is 12.5. The molecule has 0 unspecified atom stereocenters. The number of amides is 1. The fourth-order valence-electron chi connectivity index (χ4n) is 2.80. The van der Waals surface area contributed by atoms with Crippen LogP contribution in [0.15, 0.2) is 18.2 Å². The van der Waals surface area contributed by atoms with E-state index in [1.807, 2.05) is 32.0 Å². The first kappa shape index (κ1) is 17.7. The van der Waals surface area contributed by atoms with Crippen LogP contribution < -0.4 is 5.32 Å². The lowest BCUT2D eigenvalue weighted by molar-refractivity contribution is -0.116. The van der Waals surface area contributed by atoms with Crippen LogP contribution in [0.5, 0.6) is 0 Å². The van der Waals surface area contributed by atoms with E-state index in [0.29, 0.717) is 12.5 Å². The highest BCUT2D eigenvalue weighted by Crippen LogP contribution is 2.20. The monoisotopic (exact) mass is 290 g/mol. The number of nitrogens with zero attached hydrogens (tertiary/aromatic N) is 1. The van der Waals surface area contributed by atoms with E-state index in [9.17, 15) is 4.79 Å². The first-order chi connectivity index (χ1) is 9.99. The van der Waals surface area contributed by atoms with E-state index in [2.05, 4.69) is 31.0 Å². The van der Waals surface area contributed by atoms with E-state index >= 15 is 0 Å². The maximum Gasteiger partial charge on any atom is 0.224 e. The molecule has 1 aromatic carbocycles. The van der Waals surface area contributed by atoms with Gasteiger partial charge < -0.3 is 10.2 Å². The smallest absolute Gasteiger partial charge is 0.224 e. The average molecular weight is 290 g/mol. The van der Waals surface area contributed by atoms with Crippen molar-refractivity contribution in [2.24, 2.45) is 0 Å². The van der Waals surface area contributed by atoms with Crippen molar-refractivity contribution in [3.05, 3.63) is 29.3 Å². The highest BCUT2D eigenvalue weighted by atomic mass is 16.1. The zero-order chi connectivity index (χ0) is 15.8. The van der Waals surface area contributed by atoms with Crippen molar-refractivity contribution in [3.63, 3.8) is 0 Å². The molecule has 1 N–H and O–H groups in total. The second-order valence-electron chi connectivity index (χ2n) is 5.78. The summed E-state index contributed by atoms with van der Waals surface area (Å²) in [6.07, 6.45) is 2.61. The van der Waals surface area contributed by atoms with Gasteiger partial charge in [0, 0.05) is 18.2 Å². The third kappa shape index (κ3) is 5.50. The topological polar surface area (TPSA) is 32.3 Å². The SMILES string of the molecule is CCN(CC)[C@H](C)CCCC(=O)Nc1c(C)cccc1C. The third-order valence-electron chi connectivity index (χ3n) is 4.21. The number of nitrogens with one attached hydrogen (secondary N) is 1. The van der Waals surface area contributed by atoms with Crippen LogP contribution >= 0.6 is 0 Å². The molecule has 3 heteroatoms. The Balaban J connectivity index is 2.41. The van der Waals surface area contributed by atoms with Crippen molar-refractivity contribution >= 4 is 11.6 Å². The number of para-hydroxylation sites is 1. The summed E-state index contributed by atoms with van der Waals surface area (Å²) in [6.45, 7) is 12.8. The van der Waals surface area contributed by atoms with Gasteiger partial charge in [0.25, 0.3) is 0 Å². The molecule has 0 aliphatic rings. The standard InChI is InChI=1S/C18H30N2O/c1-6-20(7-2)16(5)12-9-13-17(21)19-18-14(3)10-8-11-15(18)4/h8,10-11,16H,6-7,9,12-13H2,1-5H3,(H,19,21)/t16-/m1/s1. The second-order valence-corrected chi connectivity index (χ2v) is 5.78. The van der Waals surface area contributed by atoms with Crippen LogP contribution in [-0.2, 0) is 4.79 Å². The lowest BCUT2D eigenvalue weighted by Gasteiger charge is -2.26. The Hall–Kier alpha value is -1.35. The van der Waals surface area contributed by atoms with Crippen LogP contribution in [0.3, 0.4) is 0 Å². The number of rotatable bonds is 8. The summed E-state index contributed by atoms with van der Waals surface area (Å²) < 4.78 is 0. The van der Waals surface area contributed by atoms with Crippen LogP contribution in [-0.4, -0.2) is 29.9 Å². The van der Waals surface area contributed by atoms with Crippen molar-refractivity contribution in [3.8, 4) is 0 Å². The summed E-state index contributed by atoms with van der Waals surface area (Å²) in [5.41, 5.74) is 3.22. The minimum absolute atomic E-state index is 0.124. The van der Waals surface area contributed by atoms with Gasteiger partial charge in [-0.05, 0) is 57.8 Å². The summed E-state index contributed by atoms with van der Waals surface area (Å²) in [7, 11) is 0. The Morgan fingerprint density at radius 2 is 1.76 bits per heavy atom. The second kappa shape index (κ2) is 8.83. The molecule has 3 nitrogen and oxygen atoms in total. The van der Waals surface area contributed by atoms with Crippen molar-refractivity contribution < 1.29 is 4.79 Å². The first-order valence-electron chi connectivity index (χ1n) is 8.09. The van der Waals surface area contributed by atoms with Gasteiger partial charge in [-0.15, -0.1) is 0 Å². The molecule has 0 fully saturated rings. The Morgan fingerprint density at radius 1 is 1.19 bits per heavy atom. The predicted octanol–water partition coefficient (Wildman–Crippen LogP) is 4.14. The molecule has 0 aliphatic heterocycles. The van der Waals surface area contributed by atoms with Crippen LogP contribution in [0, 0.1) is 13.8 Å². The molecule has 0 aromatic heterocycles. The molecule has 0 radical (unpaired) electrons. The molecule has 0 heterocycles. The number of benzene rings is 1. The number of aryl methyl sites for hydroxylation is 2. The zero-order valence-electron chi connectivity index (χ0n) is 14.2. The lowest BCUT2D eigenvalue weighted by Crippen LogP contribution is -2.32. The summed E-state index contributed by atoms with van der Waals surface area (Å²) in [5, 5.41) is 3.06. The summed E-state index contributed by atoms with van der Waals surface area (Å²) in [6, 6.07) is 6.63. The maximum absolute atomic E-state index is 12.1. The molecule has 1 amide bonds. The molecule has 0 spiro atoms. The number of hydrogen-bond acceptors (Lipinski definition) is 2. The highest BCUT2D eigenvalue weighted by molar-refractivity contribution is 5.92. The van der Waals surface area contributed by atoms with Gasteiger partial charge in [0.2, 0.25) is 5.91 Å². The minimum atomic E-state index is 0.124. The first-order valence-corrected chi connectivity index (χ1v) is 8.09. The Labute approximate surface area is 129 Å². The van der Waals surface area contributed by atoms with Gasteiger partial charge in [-0.25, -0.2) is 0 Å². The number of carbonyl (C=O) groups is 1. The molecule has 21 heavy (non-hydrogen) atoms. The summed E-state index contributed by atoms with van der Waals surface area (Å²) in [5.74, 6) is 0.124. The molecule has 1 aromatic rings. The van der Waals surface area contributed by atoms with Crippen molar-refractivity contribution in [1.82, 2.24) is 4.90 Å². The highest BCUT2D eigenvalue weighted by Gasteiger charge is 2.11. The Kier molecular flexibility index (Phi) is 7.44. The largest absolute Gasteiger partial charge is 0.326 e.